The fourth-order valence-electron chi connectivity index (χ4n) is 1.42. The van der Waals surface area contributed by atoms with Crippen molar-refractivity contribution in [1.82, 2.24) is 9.55 Å². The highest BCUT2D eigenvalue weighted by molar-refractivity contribution is 5.91. The van der Waals surface area contributed by atoms with Crippen LogP contribution in [0.25, 0.3) is 5.57 Å². The minimum Gasteiger partial charge on any atom is -0.492 e. The second-order valence-electron chi connectivity index (χ2n) is 3.26. The number of ether oxygens (including phenoxy) is 1. The lowest BCUT2D eigenvalue weighted by molar-refractivity contribution is 0.0995. The average molecular weight is 205 g/mol. The molecule has 1 aliphatic heterocycles. The second-order valence-corrected chi connectivity index (χ2v) is 3.26. The van der Waals surface area contributed by atoms with Gasteiger partial charge in [-0.05, 0) is 0 Å². The quantitative estimate of drug-likeness (QED) is 0.727. The predicted molar refractivity (Wildman–Crippen MR) is 54.9 cm³/mol. The summed E-state index contributed by atoms with van der Waals surface area (Å²) in [6, 6.07) is 0. The Balaban J connectivity index is 2.49. The zero-order chi connectivity index (χ0) is 11.0. The molecule has 1 aliphatic rings. The third-order valence-electron chi connectivity index (χ3n) is 2.24. The molecular weight excluding hydrogens is 194 g/mol. The van der Waals surface area contributed by atoms with E-state index in [1.54, 1.807) is 10.8 Å². The van der Waals surface area contributed by atoms with E-state index in [-0.39, 0.29) is 5.69 Å². The maximum atomic E-state index is 11.0. The minimum absolute atomic E-state index is 0.237. The SMILES string of the molecule is C=C1OCCn2cc(C(N)=O)nc2C1=C. The first-order valence-corrected chi connectivity index (χ1v) is 4.48. The molecule has 15 heavy (non-hydrogen) atoms. The standard InChI is InChI=1S/C10H11N3O2/c1-6-7(2)15-4-3-13-5-8(9(11)14)12-10(6)13/h5H,1-4H2,(H2,11,14). The minimum atomic E-state index is -0.546. The lowest BCUT2D eigenvalue weighted by Gasteiger charge is -2.03. The zero-order valence-corrected chi connectivity index (χ0v) is 8.19. The molecule has 2 N–H and O–H groups in total. The van der Waals surface area contributed by atoms with Crippen molar-refractivity contribution in [2.75, 3.05) is 6.61 Å². The second kappa shape index (κ2) is 3.27. The Morgan fingerprint density at radius 2 is 2.33 bits per heavy atom. The molecule has 0 aromatic carbocycles. The van der Waals surface area contributed by atoms with E-state index >= 15 is 0 Å². The van der Waals surface area contributed by atoms with Gasteiger partial charge < -0.3 is 15.0 Å². The van der Waals surface area contributed by atoms with Gasteiger partial charge in [-0.1, -0.05) is 13.2 Å². The van der Waals surface area contributed by atoms with Crippen molar-refractivity contribution in [3.63, 3.8) is 0 Å². The van der Waals surface area contributed by atoms with Gasteiger partial charge in [-0.3, -0.25) is 4.79 Å². The monoisotopic (exact) mass is 205 g/mol. The number of primary amides is 1. The fraction of sp³-hybridized carbons (Fsp3) is 0.200. The van der Waals surface area contributed by atoms with E-state index < -0.39 is 5.91 Å². The highest BCUT2D eigenvalue weighted by Gasteiger charge is 2.19. The first-order chi connectivity index (χ1) is 7.09. The molecule has 5 nitrogen and oxygen atoms in total. The number of amides is 1. The maximum absolute atomic E-state index is 11.0. The Morgan fingerprint density at radius 1 is 1.60 bits per heavy atom. The summed E-state index contributed by atoms with van der Waals surface area (Å²) in [5.41, 5.74) is 5.97. The highest BCUT2D eigenvalue weighted by Crippen LogP contribution is 2.23. The van der Waals surface area contributed by atoms with E-state index in [1.807, 2.05) is 0 Å². The summed E-state index contributed by atoms with van der Waals surface area (Å²) >= 11 is 0. The van der Waals surface area contributed by atoms with Gasteiger partial charge in [0, 0.05) is 6.20 Å². The molecule has 5 heteroatoms. The van der Waals surface area contributed by atoms with Crippen LogP contribution in [0.1, 0.15) is 16.3 Å². The summed E-state index contributed by atoms with van der Waals surface area (Å²) in [5, 5.41) is 0. The van der Waals surface area contributed by atoms with Crippen molar-refractivity contribution in [3.05, 3.63) is 36.6 Å². The van der Waals surface area contributed by atoms with Crippen LogP contribution in [-0.4, -0.2) is 22.1 Å². The van der Waals surface area contributed by atoms with Crippen molar-refractivity contribution < 1.29 is 9.53 Å². The van der Waals surface area contributed by atoms with E-state index in [9.17, 15) is 4.79 Å². The van der Waals surface area contributed by atoms with Crippen LogP contribution in [0.4, 0.5) is 0 Å². The average Bonchev–Trinajstić information content (AvgIpc) is 2.55. The van der Waals surface area contributed by atoms with Crippen LogP contribution in [0.5, 0.6) is 0 Å². The molecule has 0 fully saturated rings. The van der Waals surface area contributed by atoms with Gasteiger partial charge in [0.1, 0.15) is 23.9 Å². The number of hydrogen-bond donors (Lipinski definition) is 1. The lowest BCUT2D eigenvalue weighted by atomic mass is 10.2. The number of allylic oxidation sites excluding steroid dienone is 1. The number of imidazole rings is 1. The van der Waals surface area contributed by atoms with Gasteiger partial charge in [0.05, 0.1) is 12.1 Å². The smallest absolute Gasteiger partial charge is 0.268 e. The van der Waals surface area contributed by atoms with Crippen LogP contribution in [0.15, 0.2) is 25.1 Å². The largest absolute Gasteiger partial charge is 0.492 e. The predicted octanol–water partition coefficient (Wildman–Crippen LogP) is 0.539. The van der Waals surface area contributed by atoms with Crippen molar-refractivity contribution in [2.24, 2.45) is 5.73 Å². The Hall–Kier alpha value is -2.04. The first-order valence-electron chi connectivity index (χ1n) is 4.48. The molecule has 0 unspecified atom stereocenters. The van der Waals surface area contributed by atoms with E-state index in [4.69, 9.17) is 10.5 Å². The molecule has 1 amide bonds. The van der Waals surface area contributed by atoms with Crippen LogP contribution in [0.3, 0.4) is 0 Å². The molecule has 1 aromatic rings. The zero-order valence-electron chi connectivity index (χ0n) is 8.19. The van der Waals surface area contributed by atoms with E-state index in [0.717, 1.165) is 0 Å². The van der Waals surface area contributed by atoms with Gasteiger partial charge in [0.25, 0.3) is 5.91 Å². The number of carbonyl (C=O) groups excluding carboxylic acids is 1. The van der Waals surface area contributed by atoms with Gasteiger partial charge in [-0.15, -0.1) is 0 Å². The highest BCUT2D eigenvalue weighted by atomic mass is 16.5. The van der Waals surface area contributed by atoms with Gasteiger partial charge in [-0.2, -0.15) is 0 Å². The van der Waals surface area contributed by atoms with Gasteiger partial charge in [0.2, 0.25) is 0 Å². The van der Waals surface area contributed by atoms with Crippen molar-refractivity contribution in [3.8, 4) is 0 Å². The molecule has 0 bridgehead atoms. The Kier molecular flexibility index (Phi) is 2.07. The summed E-state index contributed by atoms with van der Waals surface area (Å²) in [7, 11) is 0. The van der Waals surface area contributed by atoms with Crippen LogP contribution in [-0.2, 0) is 11.3 Å². The van der Waals surface area contributed by atoms with Gasteiger partial charge >= 0.3 is 0 Å². The molecule has 0 aliphatic carbocycles. The Labute approximate surface area is 86.9 Å². The number of aromatic nitrogens is 2. The Bertz CT molecular complexity index is 459. The fourth-order valence-corrected chi connectivity index (χ4v) is 1.42. The van der Waals surface area contributed by atoms with Crippen LogP contribution >= 0.6 is 0 Å². The molecule has 0 radical (unpaired) electrons. The normalized spacial score (nSPS) is 15.5. The molecule has 78 valence electrons. The number of nitrogens with zero attached hydrogens (tertiary/aromatic N) is 2. The van der Waals surface area contributed by atoms with Crippen LogP contribution in [0.2, 0.25) is 0 Å². The number of fused-ring (bicyclic) bond motifs is 1. The summed E-state index contributed by atoms with van der Waals surface area (Å²) in [6.07, 6.45) is 1.60. The van der Waals surface area contributed by atoms with Crippen molar-refractivity contribution in [1.29, 1.82) is 0 Å². The summed E-state index contributed by atoms with van der Waals surface area (Å²) in [6.45, 7) is 8.62. The van der Waals surface area contributed by atoms with E-state index in [0.29, 0.717) is 30.3 Å². The van der Waals surface area contributed by atoms with Gasteiger partial charge in [-0.25, -0.2) is 4.98 Å². The molecule has 0 spiro atoms. The molecule has 0 saturated carbocycles. The molecule has 0 atom stereocenters. The number of hydrogen-bond acceptors (Lipinski definition) is 3. The van der Waals surface area contributed by atoms with E-state index in [1.165, 1.54) is 0 Å². The number of carbonyl (C=O) groups is 1. The third-order valence-corrected chi connectivity index (χ3v) is 2.24. The summed E-state index contributed by atoms with van der Waals surface area (Å²) in [5.74, 6) is 0.525. The topological polar surface area (TPSA) is 70.1 Å². The summed E-state index contributed by atoms with van der Waals surface area (Å²) < 4.78 is 7.08. The maximum Gasteiger partial charge on any atom is 0.268 e. The van der Waals surface area contributed by atoms with Crippen molar-refractivity contribution >= 4 is 11.5 Å². The Morgan fingerprint density at radius 3 is 3.00 bits per heavy atom. The first kappa shape index (κ1) is 9.51. The number of rotatable bonds is 1. The van der Waals surface area contributed by atoms with Crippen LogP contribution < -0.4 is 5.73 Å². The molecule has 0 saturated heterocycles. The van der Waals surface area contributed by atoms with Crippen LogP contribution in [0, 0.1) is 0 Å². The van der Waals surface area contributed by atoms with Gasteiger partial charge in [0.15, 0.2) is 0 Å². The molecule has 2 rings (SSSR count). The molecule has 1 aromatic heterocycles. The van der Waals surface area contributed by atoms with E-state index in [2.05, 4.69) is 18.1 Å². The van der Waals surface area contributed by atoms with Crippen molar-refractivity contribution in [2.45, 2.75) is 6.54 Å². The number of nitrogens with two attached hydrogens (primary N) is 1. The third kappa shape index (κ3) is 1.52. The molecule has 2 heterocycles. The summed E-state index contributed by atoms with van der Waals surface area (Å²) in [4.78, 5) is 15.0. The molecular formula is C10H11N3O2. The lowest BCUT2D eigenvalue weighted by Crippen LogP contribution is -2.11.